The first kappa shape index (κ1) is 22.0. The molecule has 2 N–H and O–H groups in total. The molecular weight excluding hydrogens is 428 g/mol. The lowest BCUT2D eigenvalue weighted by atomic mass is 10.1. The third-order valence-electron chi connectivity index (χ3n) is 5.65. The van der Waals surface area contributed by atoms with Crippen molar-refractivity contribution in [2.45, 2.75) is 26.9 Å². The first-order valence-corrected chi connectivity index (χ1v) is 12.1. The van der Waals surface area contributed by atoms with Crippen molar-refractivity contribution in [3.63, 3.8) is 0 Å². The van der Waals surface area contributed by atoms with Gasteiger partial charge < -0.3 is 15.4 Å². The zero-order valence-corrected chi connectivity index (χ0v) is 19.8. The Balaban J connectivity index is 1.41. The van der Waals surface area contributed by atoms with E-state index in [9.17, 15) is 4.79 Å². The smallest absolute Gasteiger partial charge is 0.246 e. The molecule has 1 aliphatic rings. The molecule has 0 aliphatic carbocycles. The van der Waals surface area contributed by atoms with E-state index in [1.807, 2.05) is 19.2 Å². The van der Waals surface area contributed by atoms with Gasteiger partial charge in [-0.1, -0.05) is 0 Å². The van der Waals surface area contributed by atoms with Crippen LogP contribution in [0.15, 0.2) is 23.7 Å². The molecule has 31 heavy (non-hydrogen) atoms. The minimum absolute atomic E-state index is 0.0283. The maximum atomic E-state index is 12.7. The van der Waals surface area contributed by atoms with Crippen molar-refractivity contribution < 1.29 is 9.53 Å². The summed E-state index contributed by atoms with van der Waals surface area (Å²) >= 11 is 3.57. The Bertz CT molecular complexity index is 1110. The summed E-state index contributed by atoms with van der Waals surface area (Å²) in [6.07, 6.45) is 5.14. The normalized spacial score (nSPS) is 15.2. The third-order valence-corrected chi connectivity index (χ3v) is 8.15. The Morgan fingerprint density at radius 2 is 2.13 bits per heavy atom. The molecule has 6 nitrogen and oxygen atoms in total. The van der Waals surface area contributed by atoms with E-state index in [0.717, 1.165) is 44.0 Å². The topological polar surface area (TPSA) is 71.7 Å². The van der Waals surface area contributed by atoms with Gasteiger partial charge in [0.15, 0.2) is 0 Å². The molecule has 1 saturated heterocycles. The Morgan fingerprint density at radius 3 is 2.87 bits per heavy atom. The van der Waals surface area contributed by atoms with Crippen LogP contribution in [-0.2, 0) is 22.6 Å². The van der Waals surface area contributed by atoms with Crippen molar-refractivity contribution in [1.29, 1.82) is 0 Å². The molecule has 1 amide bonds. The predicted octanol–water partition coefficient (Wildman–Crippen LogP) is 4.06. The van der Waals surface area contributed by atoms with Crippen LogP contribution in [-0.4, -0.2) is 54.0 Å². The van der Waals surface area contributed by atoms with Gasteiger partial charge in [-0.15, -0.1) is 22.7 Å². The minimum Gasteiger partial charge on any atom is -0.383 e. The number of nitrogens with zero attached hydrogens (tertiary/aromatic N) is 3. The van der Waals surface area contributed by atoms with Crippen molar-refractivity contribution in [3.8, 4) is 0 Å². The van der Waals surface area contributed by atoms with Gasteiger partial charge in [-0.3, -0.25) is 9.69 Å². The number of pyridine rings is 1. The van der Waals surface area contributed by atoms with Crippen molar-refractivity contribution in [2.24, 2.45) is 0 Å². The van der Waals surface area contributed by atoms with E-state index >= 15 is 0 Å². The van der Waals surface area contributed by atoms with Crippen LogP contribution in [0.1, 0.15) is 27.1 Å². The fraction of sp³-hybridized carbons (Fsp3) is 0.391. The van der Waals surface area contributed by atoms with Gasteiger partial charge >= 0.3 is 0 Å². The SMILES string of the molecule is Cc1csc2sc(CN(C)C(=O)/C=C/c3cnc(N)c(CN4CCOCC4)c3)c(C)c12. The van der Waals surface area contributed by atoms with Crippen LogP contribution < -0.4 is 5.73 Å². The molecule has 0 saturated carbocycles. The number of nitrogens with two attached hydrogens (primary N) is 1. The molecule has 4 heterocycles. The number of aryl methyl sites for hydroxylation is 2. The average molecular weight is 457 g/mol. The maximum Gasteiger partial charge on any atom is 0.246 e. The highest BCUT2D eigenvalue weighted by atomic mass is 32.2. The van der Waals surface area contributed by atoms with Crippen LogP contribution in [0.2, 0.25) is 0 Å². The molecule has 1 aliphatic heterocycles. The van der Waals surface area contributed by atoms with E-state index in [-0.39, 0.29) is 5.91 Å². The number of amides is 1. The predicted molar refractivity (Wildman–Crippen MR) is 129 cm³/mol. The summed E-state index contributed by atoms with van der Waals surface area (Å²) in [4.78, 5) is 22.3. The van der Waals surface area contributed by atoms with Crippen molar-refractivity contribution in [3.05, 3.63) is 50.9 Å². The summed E-state index contributed by atoms with van der Waals surface area (Å²) < 4.78 is 6.74. The Labute approximate surface area is 190 Å². The van der Waals surface area contributed by atoms with Crippen molar-refractivity contribution in [2.75, 3.05) is 39.1 Å². The first-order valence-electron chi connectivity index (χ1n) is 10.4. The minimum atomic E-state index is -0.0283. The van der Waals surface area contributed by atoms with Gasteiger partial charge in [0.05, 0.1) is 23.8 Å². The van der Waals surface area contributed by atoms with Gasteiger partial charge in [0.2, 0.25) is 5.91 Å². The Morgan fingerprint density at radius 1 is 1.35 bits per heavy atom. The zero-order valence-electron chi connectivity index (χ0n) is 18.2. The number of morpholine rings is 1. The van der Waals surface area contributed by atoms with E-state index in [4.69, 9.17) is 10.5 Å². The number of carbonyl (C=O) groups is 1. The number of likely N-dealkylation sites (N-methyl/N-ethyl adjacent to an activating group) is 1. The van der Waals surface area contributed by atoms with Crippen LogP contribution in [0.4, 0.5) is 5.82 Å². The summed E-state index contributed by atoms with van der Waals surface area (Å²) in [7, 11) is 1.85. The fourth-order valence-electron chi connectivity index (χ4n) is 3.77. The van der Waals surface area contributed by atoms with Gasteiger partial charge in [0.1, 0.15) is 5.82 Å². The molecule has 1 fully saturated rings. The van der Waals surface area contributed by atoms with Gasteiger partial charge in [-0.25, -0.2) is 4.98 Å². The molecule has 0 unspecified atom stereocenters. The highest BCUT2D eigenvalue weighted by Crippen LogP contribution is 2.38. The lowest BCUT2D eigenvalue weighted by Gasteiger charge is -2.26. The number of aromatic nitrogens is 1. The number of rotatable bonds is 6. The molecule has 0 aromatic carbocycles. The molecule has 4 rings (SSSR count). The summed E-state index contributed by atoms with van der Waals surface area (Å²) in [5, 5.41) is 3.55. The molecule has 3 aromatic heterocycles. The van der Waals surface area contributed by atoms with E-state index in [2.05, 4.69) is 29.1 Å². The van der Waals surface area contributed by atoms with E-state index in [1.165, 1.54) is 25.4 Å². The molecule has 0 atom stereocenters. The van der Waals surface area contributed by atoms with E-state index in [0.29, 0.717) is 12.4 Å². The quantitative estimate of drug-likeness (QED) is 0.567. The third kappa shape index (κ3) is 4.98. The number of carbonyl (C=O) groups excluding carboxylic acids is 1. The van der Waals surface area contributed by atoms with Gasteiger partial charge in [0.25, 0.3) is 0 Å². The molecule has 164 valence electrons. The van der Waals surface area contributed by atoms with E-state index in [1.54, 1.807) is 39.8 Å². The van der Waals surface area contributed by atoms with E-state index < -0.39 is 0 Å². The number of nitrogen functional groups attached to an aromatic ring is 1. The summed E-state index contributed by atoms with van der Waals surface area (Å²) in [5.41, 5.74) is 10.5. The average Bonchev–Trinajstić information content (AvgIpc) is 3.28. The second-order valence-electron chi connectivity index (χ2n) is 7.96. The summed E-state index contributed by atoms with van der Waals surface area (Å²) in [6.45, 7) is 8.93. The molecule has 0 spiro atoms. The fourth-order valence-corrected chi connectivity index (χ4v) is 6.39. The Kier molecular flexibility index (Phi) is 6.71. The monoisotopic (exact) mass is 456 g/mol. The molecule has 0 radical (unpaired) electrons. The van der Waals surface area contributed by atoms with Crippen molar-refractivity contribution in [1.82, 2.24) is 14.8 Å². The second-order valence-corrected chi connectivity index (χ2v) is 10.2. The summed E-state index contributed by atoms with van der Waals surface area (Å²) in [5.74, 6) is 0.509. The van der Waals surface area contributed by atoms with Crippen molar-refractivity contribution >= 4 is 49.9 Å². The number of hydrogen-bond acceptors (Lipinski definition) is 7. The molecule has 3 aromatic rings. The van der Waals surface area contributed by atoms with Gasteiger partial charge in [-0.05, 0) is 48.1 Å². The molecule has 0 bridgehead atoms. The number of fused-ring (bicyclic) bond motifs is 1. The number of thiophene rings is 2. The Hall–Kier alpha value is -2.26. The largest absolute Gasteiger partial charge is 0.383 e. The standard InChI is InChI=1S/C23H28N4O2S2/c1-15-14-30-23-21(15)16(2)19(31-23)13-26(3)20(28)5-4-17-10-18(22(24)25-11-17)12-27-6-8-29-9-7-27/h4-5,10-11,14H,6-9,12-13H2,1-3H3,(H2,24,25)/b5-4+. The zero-order chi connectivity index (χ0) is 22.0. The number of hydrogen-bond donors (Lipinski definition) is 1. The highest BCUT2D eigenvalue weighted by molar-refractivity contribution is 7.37. The van der Waals surface area contributed by atoms with Crippen LogP contribution >= 0.6 is 22.7 Å². The maximum absolute atomic E-state index is 12.7. The number of anilines is 1. The van der Waals surface area contributed by atoms with Crippen LogP contribution in [0.5, 0.6) is 0 Å². The molecule has 8 heteroatoms. The van der Waals surface area contributed by atoms with Gasteiger partial charge in [-0.2, -0.15) is 0 Å². The highest BCUT2D eigenvalue weighted by Gasteiger charge is 2.16. The van der Waals surface area contributed by atoms with Crippen LogP contribution in [0, 0.1) is 13.8 Å². The lowest BCUT2D eigenvalue weighted by molar-refractivity contribution is -0.125. The lowest BCUT2D eigenvalue weighted by Crippen LogP contribution is -2.35. The first-order chi connectivity index (χ1) is 14.9. The van der Waals surface area contributed by atoms with Gasteiger partial charge in [0, 0.05) is 54.8 Å². The molecular formula is C23H28N4O2S2. The van der Waals surface area contributed by atoms with Crippen LogP contribution in [0.3, 0.4) is 0 Å². The summed E-state index contributed by atoms with van der Waals surface area (Å²) in [6, 6.07) is 2.02. The number of ether oxygens (including phenoxy) is 1. The van der Waals surface area contributed by atoms with Crippen LogP contribution in [0.25, 0.3) is 15.5 Å². The second kappa shape index (κ2) is 9.48.